The number of hydrogen-bond donors (Lipinski definition) is 1. The summed E-state index contributed by atoms with van der Waals surface area (Å²) < 4.78 is 13.2. The third kappa shape index (κ3) is 3.36. The van der Waals surface area contributed by atoms with Gasteiger partial charge >= 0.3 is 6.03 Å². The van der Waals surface area contributed by atoms with Crippen molar-refractivity contribution in [2.45, 2.75) is 5.37 Å². The molecule has 1 saturated heterocycles. The van der Waals surface area contributed by atoms with Gasteiger partial charge in [-0.3, -0.25) is 0 Å². The first-order valence-corrected chi connectivity index (χ1v) is 8.26. The van der Waals surface area contributed by atoms with Crippen LogP contribution < -0.4 is 5.32 Å². The lowest BCUT2D eigenvalue weighted by Gasteiger charge is -2.24. The third-order valence-corrected chi connectivity index (χ3v) is 4.86. The van der Waals surface area contributed by atoms with Gasteiger partial charge in [0.25, 0.3) is 0 Å². The molecule has 0 bridgehead atoms. The molecule has 2 aromatic carbocycles. The minimum Gasteiger partial charge on any atom is -0.308 e. The highest BCUT2D eigenvalue weighted by Gasteiger charge is 2.30. The minimum absolute atomic E-state index is 0.0766. The van der Waals surface area contributed by atoms with Gasteiger partial charge in [0.1, 0.15) is 11.2 Å². The number of nitrogens with one attached hydrogen (secondary N) is 1. The van der Waals surface area contributed by atoms with E-state index < -0.39 is 0 Å². The van der Waals surface area contributed by atoms with Gasteiger partial charge in [-0.1, -0.05) is 29.8 Å². The molecular weight excluding hydrogens is 323 g/mol. The van der Waals surface area contributed by atoms with E-state index in [-0.39, 0.29) is 17.2 Å². The summed E-state index contributed by atoms with van der Waals surface area (Å²) in [5, 5.41) is 3.31. The number of urea groups is 1. The second-order valence-corrected chi connectivity index (χ2v) is 6.54. The molecule has 1 fully saturated rings. The summed E-state index contributed by atoms with van der Waals surface area (Å²) in [4.78, 5) is 14.2. The van der Waals surface area contributed by atoms with Gasteiger partial charge in [0.05, 0.1) is 0 Å². The van der Waals surface area contributed by atoms with Crippen LogP contribution in [0.4, 0.5) is 14.9 Å². The molecule has 0 radical (unpaired) electrons. The first kappa shape index (κ1) is 15.2. The van der Waals surface area contributed by atoms with Crippen molar-refractivity contribution in [1.82, 2.24) is 4.90 Å². The highest BCUT2D eigenvalue weighted by atomic mass is 35.5. The van der Waals surface area contributed by atoms with Gasteiger partial charge < -0.3 is 10.2 Å². The molecule has 114 valence electrons. The fourth-order valence-corrected chi connectivity index (χ4v) is 3.82. The van der Waals surface area contributed by atoms with E-state index in [0.717, 1.165) is 11.3 Å². The van der Waals surface area contributed by atoms with Gasteiger partial charge in [-0.2, -0.15) is 0 Å². The normalized spacial score (nSPS) is 17.5. The van der Waals surface area contributed by atoms with Gasteiger partial charge in [-0.25, -0.2) is 9.18 Å². The Kier molecular flexibility index (Phi) is 4.55. The zero-order valence-electron chi connectivity index (χ0n) is 11.6. The van der Waals surface area contributed by atoms with E-state index in [9.17, 15) is 9.18 Å². The topological polar surface area (TPSA) is 32.3 Å². The van der Waals surface area contributed by atoms with E-state index in [1.807, 2.05) is 24.3 Å². The van der Waals surface area contributed by atoms with Crippen LogP contribution >= 0.6 is 23.4 Å². The van der Waals surface area contributed by atoms with Crippen molar-refractivity contribution < 1.29 is 9.18 Å². The number of hydrogen-bond acceptors (Lipinski definition) is 2. The molecule has 0 unspecified atom stereocenters. The van der Waals surface area contributed by atoms with Gasteiger partial charge in [0, 0.05) is 23.0 Å². The van der Waals surface area contributed by atoms with Crippen molar-refractivity contribution in [3.63, 3.8) is 0 Å². The summed E-state index contributed by atoms with van der Waals surface area (Å²) in [6, 6.07) is 13.1. The van der Waals surface area contributed by atoms with E-state index in [1.54, 1.807) is 28.8 Å². The Bertz CT molecular complexity index is 697. The van der Waals surface area contributed by atoms with Crippen molar-refractivity contribution in [3.05, 3.63) is 64.9 Å². The summed E-state index contributed by atoms with van der Waals surface area (Å²) in [5.41, 5.74) is 1.44. The first-order valence-electron chi connectivity index (χ1n) is 6.84. The zero-order chi connectivity index (χ0) is 15.5. The lowest BCUT2D eigenvalue weighted by Crippen LogP contribution is -2.34. The summed E-state index contributed by atoms with van der Waals surface area (Å²) in [6.45, 7) is 0.642. The van der Waals surface area contributed by atoms with E-state index >= 15 is 0 Å². The number of anilines is 1. The SMILES string of the molecule is O=C(Nc1cccc(F)c1)N1CCS[C@H]1c1cccc(Cl)c1. The molecule has 6 heteroatoms. The van der Waals surface area contributed by atoms with Crippen LogP contribution in [0, 0.1) is 5.82 Å². The number of rotatable bonds is 2. The monoisotopic (exact) mass is 336 g/mol. The fraction of sp³-hybridized carbons (Fsp3) is 0.188. The maximum absolute atomic E-state index is 13.2. The molecule has 3 nitrogen and oxygen atoms in total. The number of benzene rings is 2. The van der Waals surface area contributed by atoms with Crippen molar-refractivity contribution in [3.8, 4) is 0 Å². The second-order valence-electron chi connectivity index (χ2n) is 4.91. The van der Waals surface area contributed by atoms with Crippen LogP contribution in [0.15, 0.2) is 48.5 Å². The Morgan fingerprint density at radius 2 is 2.09 bits per heavy atom. The highest BCUT2D eigenvalue weighted by Crippen LogP contribution is 2.38. The first-order chi connectivity index (χ1) is 10.6. The van der Waals surface area contributed by atoms with Crippen LogP contribution in [0.1, 0.15) is 10.9 Å². The Labute approximate surface area is 137 Å². The zero-order valence-corrected chi connectivity index (χ0v) is 13.2. The maximum Gasteiger partial charge on any atom is 0.323 e. The summed E-state index contributed by atoms with van der Waals surface area (Å²) >= 11 is 7.71. The molecular formula is C16H14ClFN2OS. The van der Waals surface area contributed by atoms with Gasteiger partial charge in [-0.15, -0.1) is 11.8 Å². The lowest BCUT2D eigenvalue weighted by molar-refractivity contribution is 0.214. The van der Waals surface area contributed by atoms with Gasteiger partial charge in [0.2, 0.25) is 0 Å². The molecule has 0 aromatic heterocycles. The quantitative estimate of drug-likeness (QED) is 0.857. The van der Waals surface area contributed by atoms with E-state index in [0.29, 0.717) is 17.3 Å². The van der Waals surface area contributed by atoms with Crippen molar-refractivity contribution >= 4 is 35.1 Å². The van der Waals surface area contributed by atoms with Crippen LogP contribution in [0.2, 0.25) is 5.02 Å². The molecule has 1 aliphatic heterocycles. The van der Waals surface area contributed by atoms with Crippen LogP contribution in [0.3, 0.4) is 0 Å². The van der Waals surface area contributed by atoms with Gasteiger partial charge in [0.15, 0.2) is 0 Å². The summed E-state index contributed by atoms with van der Waals surface area (Å²) in [7, 11) is 0. The van der Waals surface area contributed by atoms with Crippen LogP contribution in [-0.2, 0) is 0 Å². The van der Waals surface area contributed by atoms with Crippen LogP contribution in [0.25, 0.3) is 0 Å². The number of halogens is 2. The second kappa shape index (κ2) is 6.58. The van der Waals surface area contributed by atoms with Crippen molar-refractivity contribution in [2.75, 3.05) is 17.6 Å². The number of thioether (sulfide) groups is 1. The number of nitrogens with zero attached hydrogens (tertiary/aromatic N) is 1. The van der Waals surface area contributed by atoms with Crippen molar-refractivity contribution in [2.24, 2.45) is 0 Å². The number of carbonyl (C=O) groups excluding carboxylic acids is 1. The molecule has 1 heterocycles. The fourth-order valence-electron chi connectivity index (χ4n) is 2.38. The highest BCUT2D eigenvalue weighted by molar-refractivity contribution is 7.99. The van der Waals surface area contributed by atoms with Gasteiger partial charge in [-0.05, 0) is 35.9 Å². The average Bonchev–Trinajstić information content (AvgIpc) is 2.97. The lowest BCUT2D eigenvalue weighted by atomic mass is 10.2. The average molecular weight is 337 g/mol. The molecule has 0 saturated carbocycles. The molecule has 0 spiro atoms. The standard InChI is InChI=1S/C16H14ClFN2OS/c17-12-4-1-3-11(9-12)15-20(7-8-22-15)16(21)19-14-6-2-5-13(18)10-14/h1-6,9-10,15H,7-8H2,(H,19,21)/t15-/m0/s1. The van der Waals surface area contributed by atoms with E-state index in [2.05, 4.69) is 5.32 Å². The predicted molar refractivity (Wildman–Crippen MR) is 88.8 cm³/mol. The Morgan fingerprint density at radius 3 is 2.86 bits per heavy atom. The molecule has 1 aliphatic rings. The third-order valence-electron chi connectivity index (χ3n) is 3.36. The number of carbonyl (C=O) groups is 1. The Morgan fingerprint density at radius 1 is 1.27 bits per heavy atom. The molecule has 0 aliphatic carbocycles. The maximum atomic E-state index is 13.2. The minimum atomic E-state index is -0.375. The van der Waals surface area contributed by atoms with Crippen LogP contribution in [0.5, 0.6) is 0 Å². The molecule has 2 aromatic rings. The van der Waals surface area contributed by atoms with Crippen molar-refractivity contribution in [1.29, 1.82) is 0 Å². The van der Waals surface area contributed by atoms with E-state index in [1.165, 1.54) is 12.1 Å². The molecule has 1 atom stereocenters. The summed E-state index contributed by atoms with van der Waals surface area (Å²) in [6.07, 6.45) is 0. The number of amides is 2. The molecule has 2 amide bonds. The molecule has 3 rings (SSSR count). The Hall–Kier alpha value is -1.72. The van der Waals surface area contributed by atoms with E-state index in [4.69, 9.17) is 11.6 Å². The largest absolute Gasteiger partial charge is 0.323 e. The Balaban J connectivity index is 1.76. The smallest absolute Gasteiger partial charge is 0.308 e. The summed E-state index contributed by atoms with van der Waals surface area (Å²) in [5.74, 6) is 0.480. The molecule has 22 heavy (non-hydrogen) atoms. The van der Waals surface area contributed by atoms with Crippen LogP contribution in [-0.4, -0.2) is 23.2 Å². The molecule has 1 N–H and O–H groups in total. The predicted octanol–water partition coefficient (Wildman–Crippen LogP) is 4.76.